The molecule has 0 spiro atoms. The van der Waals surface area contributed by atoms with Gasteiger partial charge in [0.25, 0.3) is 0 Å². The van der Waals surface area contributed by atoms with Crippen molar-refractivity contribution >= 4 is 60.9 Å². The van der Waals surface area contributed by atoms with Crippen LogP contribution in [0.4, 0.5) is 4.39 Å². The Morgan fingerprint density at radius 3 is 2.17 bits per heavy atom. The van der Waals surface area contributed by atoms with Crippen molar-refractivity contribution in [1.82, 2.24) is 0 Å². The zero-order valence-electron chi connectivity index (χ0n) is 17.2. The molecule has 0 aliphatic rings. The molecule has 0 N–H and O–H groups in total. The highest BCUT2D eigenvalue weighted by Crippen LogP contribution is 2.66. The van der Waals surface area contributed by atoms with Crippen LogP contribution in [0.2, 0.25) is 0 Å². The van der Waals surface area contributed by atoms with E-state index in [1.54, 1.807) is 23.5 Å². The Morgan fingerprint density at radius 1 is 1.00 bits per heavy atom. The summed E-state index contributed by atoms with van der Waals surface area (Å²) < 4.78 is 42.5. The van der Waals surface area contributed by atoms with Crippen molar-refractivity contribution in [3.05, 3.63) is 67.7 Å². The molecule has 0 aliphatic heterocycles. The Bertz CT molecular complexity index is 1050. The van der Waals surface area contributed by atoms with Gasteiger partial charge in [0.2, 0.25) is 0 Å². The van der Waals surface area contributed by atoms with E-state index in [0.29, 0.717) is 6.42 Å². The van der Waals surface area contributed by atoms with Gasteiger partial charge in [-0.25, -0.2) is 4.39 Å². The van der Waals surface area contributed by atoms with Crippen LogP contribution in [0, 0.1) is 5.82 Å². The molecule has 162 valence electrons. The third-order valence-corrected chi connectivity index (χ3v) is 10.0. The lowest BCUT2D eigenvalue weighted by molar-refractivity contribution is 0.136. The maximum Gasteiger partial charge on any atom is 0.339 e. The lowest BCUT2D eigenvalue weighted by Gasteiger charge is -2.30. The molecular formula is C22H24Br2FO3PS. The summed E-state index contributed by atoms with van der Waals surface area (Å²) in [6, 6.07) is 12.3. The number of hydrogen-bond acceptors (Lipinski definition) is 4. The van der Waals surface area contributed by atoms with E-state index in [1.807, 2.05) is 45.9 Å². The van der Waals surface area contributed by atoms with Crippen LogP contribution < -0.4 is 0 Å². The zero-order chi connectivity index (χ0) is 22.1. The Labute approximate surface area is 197 Å². The predicted octanol–water partition coefficient (Wildman–Crippen LogP) is 8.89. The number of thiophene rings is 1. The second-order valence-electron chi connectivity index (χ2n) is 7.62. The molecule has 2 aromatic carbocycles. The Kier molecular flexibility index (Phi) is 7.97. The first-order valence-electron chi connectivity index (χ1n) is 9.67. The summed E-state index contributed by atoms with van der Waals surface area (Å²) in [5.41, 5.74) is 0.338. The lowest BCUT2D eigenvalue weighted by atomic mass is 10.1. The van der Waals surface area contributed by atoms with Gasteiger partial charge in [0.05, 0.1) is 12.2 Å². The molecule has 3 nitrogen and oxygen atoms in total. The standard InChI is InChI=1S/C22H24Br2FO3PS/c1-13(2)27-29(26,28-14(3)4)19(11-15-5-8-17(25)9-6-15)22-21(24)18-10-7-16(23)12-20(18)30-22/h5-10,12-14,19H,11H2,1-4H3. The average molecular weight is 578 g/mol. The van der Waals surface area contributed by atoms with Gasteiger partial charge < -0.3 is 9.05 Å². The number of rotatable bonds is 8. The fraction of sp³-hybridized carbons (Fsp3) is 0.364. The SMILES string of the molecule is CC(C)OP(=O)(OC(C)C)C(Cc1ccc(F)cc1)c1sc2cc(Br)ccc2c1Br. The Hall–Kier alpha value is -0.560. The number of halogens is 3. The molecule has 0 aliphatic carbocycles. The minimum Gasteiger partial charge on any atom is -0.305 e. The summed E-state index contributed by atoms with van der Waals surface area (Å²) in [5, 5.41) is 1.04. The van der Waals surface area contributed by atoms with Crippen molar-refractivity contribution in [2.24, 2.45) is 0 Å². The topological polar surface area (TPSA) is 35.5 Å². The van der Waals surface area contributed by atoms with Gasteiger partial charge in [0.15, 0.2) is 0 Å². The second kappa shape index (κ2) is 9.93. The van der Waals surface area contributed by atoms with Crippen molar-refractivity contribution in [2.45, 2.75) is 52.0 Å². The highest BCUT2D eigenvalue weighted by Gasteiger charge is 2.41. The molecule has 0 saturated carbocycles. The van der Waals surface area contributed by atoms with E-state index in [9.17, 15) is 8.96 Å². The van der Waals surface area contributed by atoms with Crippen LogP contribution in [0.1, 0.15) is 43.8 Å². The molecule has 1 heterocycles. The van der Waals surface area contributed by atoms with Crippen LogP contribution in [-0.4, -0.2) is 12.2 Å². The highest BCUT2D eigenvalue weighted by molar-refractivity contribution is 9.11. The summed E-state index contributed by atoms with van der Waals surface area (Å²) in [6.45, 7) is 7.40. The van der Waals surface area contributed by atoms with Crippen LogP contribution in [-0.2, 0) is 20.0 Å². The normalized spacial score (nSPS) is 13.5. The number of hydrogen-bond donors (Lipinski definition) is 0. The van der Waals surface area contributed by atoms with Crippen molar-refractivity contribution in [2.75, 3.05) is 0 Å². The van der Waals surface area contributed by atoms with Crippen LogP contribution in [0.5, 0.6) is 0 Å². The smallest absolute Gasteiger partial charge is 0.305 e. The minimum absolute atomic E-state index is 0.271. The summed E-state index contributed by atoms with van der Waals surface area (Å²) in [6.07, 6.45) is -0.135. The van der Waals surface area contributed by atoms with Crippen LogP contribution in [0.15, 0.2) is 51.4 Å². The predicted molar refractivity (Wildman–Crippen MR) is 130 cm³/mol. The van der Waals surface area contributed by atoms with Crippen LogP contribution >= 0.6 is 50.8 Å². The highest BCUT2D eigenvalue weighted by atomic mass is 79.9. The first-order valence-corrected chi connectivity index (χ1v) is 13.7. The molecule has 0 saturated heterocycles. The quantitative estimate of drug-likeness (QED) is 0.251. The molecule has 1 unspecified atom stereocenters. The van der Waals surface area contributed by atoms with Crippen molar-refractivity contribution in [1.29, 1.82) is 0 Å². The molecule has 30 heavy (non-hydrogen) atoms. The minimum atomic E-state index is -3.56. The van der Waals surface area contributed by atoms with Crippen molar-refractivity contribution < 1.29 is 18.0 Å². The van der Waals surface area contributed by atoms with Crippen LogP contribution in [0.3, 0.4) is 0 Å². The van der Waals surface area contributed by atoms with Crippen molar-refractivity contribution in [3.8, 4) is 0 Å². The van der Waals surface area contributed by atoms with Gasteiger partial charge in [-0.15, -0.1) is 11.3 Å². The fourth-order valence-corrected chi connectivity index (χ4v) is 8.95. The van der Waals surface area contributed by atoms with E-state index in [2.05, 4.69) is 31.9 Å². The molecular weight excluding hydrogens is 554 g/mol. The molecule has 3 aromatic rings. The molecule has 0 bridgehead atoms. The number of benzene rings is 2. The van der Waals surface area contributed by atoms with Gasteiger partial charge in [0, 0.05) is 23.9 Å². The maximum absolute atomic E-state index is 14.2. The molecule has 0 fully saturated rings. The summed E-state index contributed by atoms with van der Waals surface area (Å²) >= 11 is 8.82. The van der Waals surface area contributed by atoms with Crippen molar-refractivity contribution in [3.63, 3.8) is 0 Å². The summed E-state index contributed by atoms with van der Waals surface area (Å²) in [7, 11) is -3.56. The Morgan fingerprint density at radius 2 is 1.60 bits per heavy atom. The Balaban J connectivity index is 2.16. The molecule has 3 rings (SSSR count). The lowest BCUT2D eigenvalue weighted by Crippen LogP contribution is -2.15. The zero-order valence-corrected chi connectivity index (χ0v) is 22.1. The van der Waals surface area contributed by atoms with E-state index in [-0.39, 0.29) is 18.0 Å². The number of fused-ring (bicyclic) bond motifs is 1. The van der Waals surface area contributed by atoms with Gasteiger partial charge in [-0.3, -0.25) is 4.57 Å². The van der Waals surface area contributed by atoms with Gasteiger partial charge in [0.1, 0.15) is 11.5 Å². The summed E-state index contributed by atoms with van der Waals surface area (Å²) in [4.78, 5) is 0.900. The van der Waals surface area contributed by atoms with E-state index in [4.69, 9.17) is 9.05 Å². The van der Waals surface area contributed by atoms with Crippen LogP contribution in [0.25, 0.3) is 10.1 Å². The molecule has 1 aromatic heterocycles. The van der Waals surface area contributed by atoms with Gasteiger partial charge in [-0.05, 0) is 79.9 Å². The van der Waals surface area contributed by atoms with E-state index >= 15 is 0 Å². The third kappa shape index (κ3) is 5.62. The third-order valence-electron chi connectivity index (χ3n) is 4.36. The van der Waals surface area contributed by atoms with Gasteiger partial charge in [-0.1, -0.05) is 34.1 Å². The molecule has 0 amide bonds. The van der Waals surface area contributed by atoms with E-state index < -0.39 is 13.3 Å². The maximum atomic E-state index is 14.2. The average Bonchev–Trinajstić information content (AvgIpc) is 2.95. The first kappa shape index (κ1) is 24.1. The second-order valence-corrected chi connectivity index (χ2v) is 12.5. The molecule has 1 atom stereocenters. The van der Waals surface area contributed by atoms with E-state index in [0.717, 1.165) is 29.5 Å². The van der Waals surface area contributed by atoms with E-state index in [1.165, 1.54) is 12.1 Å². The monoisotopic (exact) mass is 576 g/mol. The molecule has 8 heteroatoms. The largest absolute Gasteiger partial charge is 0.339 e. The summed E-state index contributed by atoms with van der Waals surface area (Å²) in [5.74, 6) is -0.303. The van der Waals surface area contributed by atoms with Gasteiger partial charge >= 0.3 is 7.60 Å². The fourth-order valence-electron chi connectivity index (χ4n) is 3.22. The first-order chi connectivity index (χ1) is 14.1. The van der Waals surface area contributed by atoms with Gasteiger partial charge in [-0.2, -0.15) is 0 Å². The molecule has 0 radical (unpaired) electrons.